The second kappa shape index (κ2) is 6.50. The lowest BCUT2D eigenvalue weighted by Gasteiger charge is -2.19. The van der Waals surface area contributed by atoms with Gasteiger partial charge >= 0.3 is 12.2 Å². The predicted molar refractivity (Wildman–Crippen MR) is 79.2 cm³/mol. The number of rotatable bonds is 4. The van der Waals surface area contributed by atoms with Crippen LogP contribution < -0.4 is 10.4 Å². The van der Waals surface area contributed by atoms with E-state index in [1.54, 1.807) is 23.0 Å². The normalized spacial score (nSPS) is 11.0. The third-order valence-electron chi connectivity index (χ3n) is 3.12. The first kappa shape index (κ1) is 16.5. The number of nitrogens with zero attached hydrogens (tertiary/aromatic N) is 3. The molecule has 1 heterocycles. The molecule has 0 aliphatic rings. The maximum atomic E-state index is 11.2. The Morgan fingerprint density at radius 1 is 1.30 bits per heavy atom. The molecule has 1 aromatic heterocycles. The number of ether oxygens (including phenoxy) is 2. The van der Waals surface area contributed by atoms with E-state index in [2.05, 4.69) is 4.98 Å². The monoisotopic (exact) mass is 324 g/mol. The zero-order chi connectivity index (χ0) is 17.1. The van der Waals surface area contributed by atoms with Gasteiger partial charge in [0, 0.05) is 14.2 Å². The van der Waals surface area contributed by atoms with Crippen molar-refractivity contribution in [3.8, 4) is 0 Å². The van der Waals surface area contributed by atoms with E-state index in [0.717, 1.165) is 0 Å². The lowest BCUT2D eigenvalue weighted by Crippen LogP contribution is -2.45. The average Bonchev–Trinajstić information content (AvgIpc) is 2.81. The van der Waals surface area contributed by atoms with E-state index in [1.165, 1.54) is 26.4 Å². The molecule has 0 unspecified atom stereocenters. The van der Waals surface area contributed by atoms with E-state index in [-0.39, 0.29) is 5.69 Å². The molecule has 0 spiro atoms. The van der Waals surface area contributed by atoms with Crippen molar-refractivity contribution in [2.75, 3.05) is 19.2 Å². The van der Waals surface area contributed by atoms with Gasteiger partial charge in [0.25, 0.3) is 0 Å². The van der Waals surface area contributed by atoms with Gasteiger partial charge < -0.3 is 19.7 Å². The summed E-state index contributed by atoms with van der Waals surface area (Å²) in [5.74, 6) is 0.596. The quantitative estimate of drug-likeness (QED) is 0.577. The number of carboxylic acid groups (broad SMARTS) is 2. The Kier molecular flexibility index (Phi) is 4.67. The SMILES string of the molecule is COC(OC)n1c(C)nc2cc(N(NC(=O)O)C(=O)O)ccc21. The van der Waals surface area contributed by atoms with E-state index in [0.29, 0.717) is 21.9 Å². The van der Waals surface area contributed by atoms with Crippen LogP contribution in [0.25, 0.3) is 11.0 Å². The Morgan fingerprint density at radius 3 is 2.48 bits per heavy atom. The molecule has 0 aliphatic heterocycles. The predicted octanol–water partition coefficient (Wildman–Crippen LogP) is 1.76. The van der Waals surface area contributed by atoms with Crippen LogP contribution >= 0.6 is 0 Å². The van der Waals surface area contributed by atoms with Crippen molar-refractivity contribution in [1.29, 1.82) is 0 Å². The fourth-order valence-corrected chi connectivity index (χ4v) is 2.24. The van der Waals surface area contributed by atoms with E-state index >= 15 is 0 Å². The maximum absolute atomic E-state index is 11.2. The highest BCUT2D eigenvalue weighted by atomic mass is 16.7. The summed E-state index contributed by atoms with van der Waals surface area (Å²) in [6.07, 6.45) is -3.64. The summed E-state index contributed by atoms with van der Waals surface area (Å²) >= 11 is 0. The Labute approximate surface area is 130 Å². The minimum atomic E-state index is -1.49. The van der Waals surface area contributed by atoms with Gasteiger partial charge in [0.1, 0.15) is 5.82 Å². The zero-order valence-electron chi connectivity index (χ0n) is 12.7. The topological polar surface area (TPSA) is 126 Å². The lowest BCUT2D eigenvalue weighted by molar-refractivity contribution is -0.154. The fraction of sp³-hybridized carbons (Fsp3) is 0.308. The molecule has 2 aromatic rings. The molecular weight excluding hydrogens is 308 g/mol. The second-order valence-corrected chi connectivity index (χ2v) is 4.52. The number of hydrazine groups is 1. The van der Waals surface area contributed by atoms with Crippen LogP contribution in [0.5, 0.6) is 0 Å². The molecule has 0 aliphatic carbocycles. The van der Waals surface area contributed by atoms with Gasteiger partial charge in [0.05, 0.1) is 16.7 Å². The molecule has 0 atom stereocenters. The number of amides is 2. The van der Waals surface area contributed by atoms with Gasteiger partial charge in [-0.1, -0.05) is 0 Å². The van der Waals surface area contributed by atoms with E-state index in [9.17, 15) is 9.59 Å². The number of methoxy groups -OCH3 is 2. The molecule has 124 valence electrons. The van der Waals surface area contributed by atoms with Crippen molar-refractivity contribution >= 4 is 28.9 Å². The number of anilines is 1. The molecule has 0 fully saturated rings. The molecule has 3 N–H and O–H groups in total. The van der Waals surface area contributed by atoms with Crippen LogP contribution in [0.15, 0.2) is 18.2 Å². The molecule has 2 rings (SSSR count). The van der Waals surface area contributed by atoms with E-state index in [1.807, 2.05) is 0 Å². The number of benzene rings is 1. The summed E-state index contributed by atoms with van der Waals surface area (Å²) in [5.41, 5.74) is 3.03. The Morgan fingerprint density at radius 2 is 1.96 bits per heavy atom. The molecule has 10 nitrogen and oxygen atoms in total. The summed E-state index contributed by atoms with van der Waals surface area (Å²) in [6, 6.07) is 4.51. The standard InChI is InChI=1S/C13H16N4O6/c1-7-14-9-6-8(17(12(20)21)15-11(18)19)4-5-10(9)16(7)13(22-2)23-3/h4-6,13,15H,1-3H3,(H,18,19)(H,20,21). The number of aryl methyl sites for hydroxylation is 1. The minimum absolute atomic E-state index is 0.114. The number of aromatic nitrogens is 2. The second-order valence-electron chi connectivity index (χ2n) is 4.52. The van der Waals surface area contributed by atoms with Gasteiger partial charge in [-0.25, -0.2) is 20.0 Å². The first-order chi connectivity index (χ1) is 10.9. The smallest absolute Gasteiger partial charge is 0.431 e. The van der Waals surface area contributed by atoms with Crippen molar-refractivity contribution in [2.45, 2.75) is 13.3 Å². The molecule has 10 heteroatoms. The highest BCUT2D eigenvalue weighted by Crippen LogP contribution is 2.26. The third kappa shape index (κ3) is 3.17. The number of hydrogen-bond acceptors (Lipinski definition) is 5. The summed E-state index contributed by atoms with van der Waals surface area (Å²) < 4.78 is 12.1. The molecule has 0 bridgehead atoms. The first-order valence-electron chi connectivity index (χ1n) is 6.45. The first-order valence-corrected chi connectivity index (χ1v) is 6.45. The highest BCUT2D eigenvalue weighted by Gasteiger charge is 2.20. The van der Waals surface area contributed by atoms with Gasteiger partial charge in [-0.2, -0.15) is 5.01 Å². The van der Waals surface area contributed by atoms with Crippen molar-refractivity contribution in [3.63, 3.8) is 0 Å². The minimum Gasteiger partial charge on any atom is -0.464 e. The van der Waals surface area contributed by atoms with Gasteiger partial charge in [-0.15, -0.1) is 0 Å². The number of hydrogen-bond donors (Lipinski definition) is 3. The van der Waals surface area contributed by atoms with Crippen molar-refractivity contribution in [2.24, 2.45) is 0 Å². The Bertz CT molecular complexity index is 739. The zero-order valence-corrected chi connectivity index (χ0v) is 12.7. The van der Waals surface area contributed by atoms with Gasteiger partial charge in [-0.05, 0) is 25.1 Å². The molecule has 1 aromatic carbocycles. The molecule has 2 amide bonds. The summed E-state index contributed by atoms with van der Waals surface area (Å²) in [5, 5.41) is 18.3. The van der Waals surface area contributed by atoms with Gasteiger partial charge in [0.15, 0.2) is 0 Å². The average molecular weight is 324 g/mol. The molecular formula is C13H16N4O6. The van der Waals surface area contributed by atoms with E-state index < -0.39 is 18.6 Å². The Hall–Kier alpha value is -2.85. The summed E-state index contributed by atoms with van der Waals surface area (Å²) in [7, 11) is 2.97. The number of fused-ring (bicyclic) bond motifs is 1. The van der Waals surface area contributed by atoms with Crippen molar-refractivity contribution in [1.82, 2.24) is 15.0 Å². The third-order valence-corrected chi connectivity index (χ3v) is 3.12. The maximum Gasteiger partial charge on any atom is 0.431 e. The van der Waals surface area contributed by atoms with Crippen LogP contribution in [0.3, 0.4) is 0 Å². The van der Waals surface area contributed by atoms with Crippen molar-refractivity contribution in [3.05, 3.63) is 24.0 Å². The van der Waals surface area contributed by atoms with Gasteiger partial charge in [0.2, 0.25) is 6.41 Å². The number of carbonyl (C=O) groups is 2. The highest BCUT2D eigenvalue weighted by molar-refractivity contribution is 5.92. The molecule has 23 heavy (non-hydrogen) atoms. The summed E-state index contributed by atoms with van der Waals surface area (Å²) in [4.78, 5) is 26.2. The van der Waals surface area contributed by atoms with Crippen molar-refractivity contribution < 1.29 is 29.3 Å². The molecule has 0 radical (unpaired) electrons. The lowest BCUT2D eigenvalue weighted by atomic mass is 10.2. The van der Waals surface area contributed by atoms with Crippen LogP contribution in [-0.2, 0) is 9.47 Å². The molecule has 0 saturated heterocycles. The molecule has 0 saturated carbocycles. The number of imidazole rings is 1. The summed E-state index contributed by atoms with van der Waals surface area (Å²) in [6.45, 7) is 1.75. The van der Waals surface area contributed by atoms with Crippen LogP contribution in [0.4, 0.5) is 15.3 Å². The number of nitrogens with one attached hydrogen (secondary N) is 1. The van der Waals surface area contributed by atoms with E-state index in [4.69, 9.17) is 19.7 Å². The van der Waals surface area contributed by atoms with Gasteiger partial charge in [-0.3, -0.25) is 4.57 Å². The largest absolute Gasteiger partial charge is 0.464 e. The van der Waals surface area contributed by atoms with Crippen LogP contribution in [-0.4, -0.2) is 46.2 Å². The van der Waals surface area contributed by atoms with Crippen LogP contribution in [0.2, 0.25) is 0 Å². The van der Waals surface area contributed by atoms with Crippen LogP contribution in [0, 0.1) is 6.92 Å². The Balaban J connectivity index is 2.51. The fourth-order valence-electron chi connectivity index (χ4n) is 2.24. The van der Waals surface area contributed by atoms with Crippen LogP contribution in [0.1, 0.15) is 12.2 Å².